The smallest absolute Gasteiger partial charge is 0.410 e. The molecule has 0 N–H and O–H groups in total. The highest BCUT2D eigenvalue weighted by Gasteiger charge is 2.35. The lowest BCUT2D eigenvalue weighted by Crippen LogP contribution is -2.36. The van der Waals surface area contributed by atoms with E-state index in [2.05, 4.69) is 44.2 Å². The van der Waals surface area contributed by atoms with Crippen LogP contribution in [0.25, 0.3) is 5.57 Å². The van der Waals surface area contributed by atoms with E-state index in [1.54, 1.807) is 0 Å². The minimum Gasteiger partial charge on any atom is -0.444 e. The molecule has 142 valence electrons. The Morgan fingerprint density at radius 2 is 2.00 bits per heavy atom. The van der Waals surface area contributed by atoms with Gasteiger partial charge < -0.3 is 14.4 Å². The summed E-state index contributed by atoms with van der Waals surface area (Å²) >= 11 is 0. The van der Waals surface area contributed by atoms with Gasteiger partial charge in [0.25, 0.3) is 0 Å². The van der Waals surface area contributed by atoms with Crippen molar-refractivity contribution in [1.29, 1.82) is 0 Å². The molecule has 2 aliphatic rings. The van der Waals surface area contributed by atoms with Gasteiger partial charge in [-0.3, -0.25) is 0 Å². The number of benzene rings is 1. The molecule has 0 aromatic heterocycles. The van der Waals surface area contributed by atoms with Crippen molar-refractivity contribution in [2.75, 3.05) is 13.2 Å². The molecule has 3 rings (SSSR count). The Kier molecular flexibility index (Phi) is 5.16. The first-order valence-electron chi connectivity index (χ1n) is 9.61. The summed E-state index contributed by atoms with van der Waals surface area (Å²) in [5.41, 5.74) is 3.05. The molecule has 0 bridgehead atoms. The van der Waals surface area contributed by atoms with Gasteiger partial charge in [-0.2, -0.15) is 0 Å². The van der Waals surface area contributed by atoms with Gasteiger partial charge in [0.2, 0.25) is 0 Å². The van der Waals surface area contributed by atoms with Gasteiger partial charge in [0.1, 0.15) is 5.60 Å². The molecule has 4 heteroatoms. The van der Waals surface area contributed by atoms with Crippen LogP contribution < -0.4 is 0 Å². The fraction of sp³-hybridized carbons (Fsp3) is 0.591. The van der Waals surface area contributed by atoms with Crippen molar-refractivity contribution in [3.63, 3.8) is 0 Å². The molecular formula is C22H31NO3. The van der Waals surface area contributed by atoms with Gasteiger partial charge in [0, 0.05) is 6.54 Å². The molecular weight excluding hydrogens is 326 g/mol. The second-order valence-corrected chi connectivity index (χ2v) is 8.79. The molecule has 1 atom stereocenters. The summed E-state index contributed by atoms with van der Waals surface area (Å²) in [6.45, 7) is 11.4. The average Bonchev–Trinajstić information content (AvgIpc) is 3.02. The minimum absolute atomic E-state index is 0.0768. The summed E-state index contributed by atoms with van der Waals surface area (Å²) in [4.78, 5) is 14.6. The van der Waals surface area contributed by atoms with E-state index in [9.17, 15) is 4.79 Å². The summed E-state index contributed by atoms with van der Waals surface area (Å²) in [6.07, 6.45) is 4.90. The third-order valence-corrected chi connectivity index (χ3v) is 4.91. The van der Waals surface area contributed by atoms with Crippen LogP contribution in [0.3, 0.4) is 0 Å². The number of ether oxygens (including phenoxy) is 2. The topological polar surface area (TPSA) is 38.8 Å². The first kappa shape index (κ1) is 19.0. The molecule has 26 heavy (non-hydrogen) atoms. The van der Waals surface area contributed by atoms with Gasteiger partial charge in [-0.05, 0) is 76.7 Å². The van der Waals surface area contributed by atoms with Crippen LogP contribution in [0.2, 0.25) is 0 Å². The van der Waals surface area contributed by atoms with Gasteiger partial charge in [0.15, 0.2) is 0 Å². The predicted octanol–water partition coefficient (Wildman–Crippen LogP) is 5.34. The van der Waals surface area contributed by atoms with Crippen LogP contribution >= 0.6 is 0 Å². The van der Waals surface area contributed by atoms with E-state index in [4.69, 9.17) is 9.47 Å². The third kappa shape index (κ3) is 4.29. The van der Waals surface area contributed by atoms with Crippen molar-refractivity contribution < 1.29 is 14.3 Å². The van der Waals surface area contributed by atoms with E-state index in [0.29, 0.717) is 0 Å². The lowest BCUT2D eigenvalue weighted by atomic mass is 9.88. The second kappa shape index (κ2) is 7.07. The Morgan fingerprint density at radius 1 is 1.27 bits per heavy atom. The van der Waals surface area contributed by atoms with E-state index in [-0.39, 0.29) is 17.7 Å². The van der Waals surface area contributed by atoms with E-state index >= 15 is 0 Å². The lowest BCUT2D eigenvalue weighted by molar-refractivity contribution is 0.0162. The van der Waals surface area contributed by atoms with Crippen molar-refractivity contribution in [2.24, 2.45) is 0 Å². The number of hydrogen-bond donors (Lipinski definition) is 0. The van der Waals surface area contributed by atoms with Crippen molar-refractivity contribution in [3.8, 4) is 0 Å². The zero-order chi connectivity index (χ0) is 18.9. The maximum Gasteiger partial charge on any atom is 0.410 e. The van der Waals surface area contributed by atoms with Crippen LogP contribution in [-0.2, 0) is 9.47 Å². The summed E-state index contributed by atoms with van der Waals surface area (Å²) in [5, 5.41) is 0. The minimum atomic E-state index is -0.475. The number of nitrogens with zero attached hydrogens (tertiary/aromatic N) is 1. The highest BCUT2D eigenvalue weighted by molar-refractivity contribution is 5.73. The van der Waals surface area contributed by atoms with Crippen molar-refractivity contribution in [1.82, 2.24) is 4.90 Å². The highest BCUT2D eigenvalue weighted by Crippen LogP contribution is 2.39. The molecule has 1 fully saturated rings. The summed E-state index contributed by atoms with van der Waals surface area (Å²) < 4.78 is 11.5. The maximum atomic E-state index is 12.7. The van der Waals surface area contributed by atoms with E-state index in [1.165, 1.54) is 16.7 Å². The van der Waals surface area contributed by atoms with Gasteiger partial charge in [-0.15, -0.1) is 0 Å². The number of amides is 1. The zero-order valence-electron chi connectivity index (χ0n) is 16.7. The molecule has 0 unspecified atom stereocenters. The summed E-state index contributed by atoms with van der Waals surface area (Å²) in [5.74, 6) is 0. The number of likely N-dealkylation sites (tertiary alicyclic amines) is 1. The monoisotopic (exact) mass is 357 g/mol. The van der Waals surface area contributed by atoms with Crippen LogP contribution in [0.1, 0.15) is 71.0 Å². The van der Waals surface area contributed by atoms with Gasteiger partial charge in [0.05, 0.1) is 18.2 Å². The Morgan fingerprint density at radius 3 is 2.69 bits per heavy atom. The Labute approximate surface area is 157 Å². The molecule has 2 aliphatic heterocycles. The van der Waals surface area contributed by atoms with Crippen molar-refractivity contribution in [3.05, 3.63) is 41.5 Å². The molecule has 1 saturated heterocycles. The number of carbonyl (C=O) groups is 1. The van der Waals surface area contributed by atoms with Crippen LogP contribution in [0, 0.1) is 0 Å². The first-order chi connectivity index (χ1) is 12.2. The molecule has 0 saturated carbocycles. The number of carbonyl (C=O) groups excluding carboxylic acids is 1. The Bertz CT molecular complexity index is 700. The SMILES string of the molecule is CC(C)(C)OC(=O)N1CCC[C@H]1c1ccccc1C1=CC(C)(C)OCC1. The molecule has 1 aromatic rings. The van der Waals surface area contributed by atoms with Crippen LogP contribution in [0.4, 0.5) is 4.79 Å². The standard InChI is InChI=1S/C22H31NO3/c1-21(2,3)26-20(24)23-13-8-11-19(23)18-10-7-6-9-17(18)16-12-14-25-22(4,5)15-16/h6-7,9-10,15,19H,8,11-14H2,1-5H3/t19-/m0/s1. The highest BCUT2D eigenvalue weighted by atomic mass is 16.6. The molecule has 0 aliphatic carbocycles. The van der Waals surface area contributed by atoms with Gasteiger partial charge in [-0.25, -0.2) is 4.79 Å². The third-order valence-electron chi connectivity index (χ3n) is 4.91. The molecule has 0 spiro atoms. The quantitative estimate of drug-likeness (QED) is 0.717. The summed E-state index contributed by atoms with van der Waals surface area (Å²) in [7, 11) is 0. The fourth-order valence-electron chi connectivity index (χ4n) is 3.88. The lowest BCUT2D eigenvalue weighted by Gasteiger charge is -2.32. The van der Waals surface area contributed by atoms with Gasteiger partial charge >= 0.3 is 6.09 Å². The number of hydrogen-bond acceptors (Lipinski definition) is 3. The first-order valence-corrected chi connectivity index (χ1v) is 9.61. The normalized spacial score (nSPS) is 22.9. The van der Waals surface area contributed by atoms with Crippen molar-refractivity contribution in [2.45, 2.75) is 71.1 Å². The van der Waals surface area contributed by atoms with E-state index < -0.39 is 5.60 Å². The maximum absolute atomic E-state index is 12.7. The second-order valence-electron chi connectivity index (χ2n) is 8.79. The zero-order valence-corrected chi connectivity index (χ0v) is 16.7. The van der Waals surface area contributed by atoms with E-state index in [1.807, 2.05) is 25.7 Å². The van der Waals surface area contributed by atoms with Crippen LogP contribution in [0.5, 0.6) is 0 Å². The Balaban J connectivity index is 1.92. The van der Waals surface area contributed by atoms with Crippen molar-refractivity contribution >= 4 is 11.7 Å². The summed E-state index contributed by atoms with van der Waals surface area (Å²) in [6, 6.07) is 8.55. The molecule has 1 amide bonds. The van der Waals surface area contributed by atoms with Crippen LogP contribution in [-0.4, -0.2) is 35.3 Å². The largest absolute Gasteiger partial charge is 0.444 e. The fourth-order valence-corrected chi connectivity index (χ4v) is 3.88. The molecule has 4 nitrogen and oxygen atoms in total. The molecule has 1 aromatic carbocycles. The molecule has 2 heterocycles. The van der Waals surface area contributed by atoms with Gasteiger partial charge in [-0.1, -0.05) is 24.3 Å². The average molecular weight is 357 g/mol. The number of rotatable bonds is 2. The van der Waals surface area contributed by atoms with Crippen LogP contribution in [0.15, 0.2) is 30.3 Å². The van der Waals surface area contributed by atoms with E-state index in [0.717, 1.165) is 32.4 Å². The predicted molar refractivity (Wildman–Crippen MR) is 104 cm³/mol. The Hall–Kier alpha value is -1.81. The molecule has 0 radical (unpaired) electrons.